The minimum Gasteiger partial charge on any atom is -0.497 e. The number of pyridine rings is 1. The number of hydrogen-bond acceptors (Lipinski definition) is 5. The normalized spacial score (nSPS) is 11.0. The number of methoxy groups -OCH3 is 1. The minimum atomic E-state index is -3.30. The van der Waals surface area contributed by atoms with Gasteiger partial charge in [0.2, 0.25) is 10.0 Å². The van der Waals surface area contributed by atoms with Crippen LogP contribution in [0, 0.1) is 0 Å². The number of nitrogens with zero attached hydrogens (tertiary/aromatic N) is 1. The maximum atomic E-state index is 11.4. The average molecular weight is 307 g/mol. The van der Waals surface area contributed by atoms with Gasteiger partial charge in [0.15, 0.2) is 0 Å². The molecule has 0 atom stereocenters. The van der Waals surface area contributed by atoms with Gasteiger partial charge in [-0.05, 0) is 43.3 Å². The van der Waals surface area contributed by atoms with E-state index in [9.17, 15) is 8.42 Å². The molecule has 0 aliphatic heterocycles. The number of aromatic nitrogens is 1. The second-order valence-corrected chi connectivity index (χ2v) is 6.30. The van der Waals surface area contributed by atoms with E-state index in [0.717, 1.165) is 17.1 Å². The van der Waals surface area contributed by atoms with Crippen molar-refractivity contribution in [1.29, 1.82) is 0 Å². The summed E-state index contributed by atoms with van der Waals surface area (Å²) >= 11 is 0. The molecule has 2 N–H and O–H groups in total. The average Bonchev–Trinajstić information content (AvgIpc) is 2.50. The molecule has 0 amide bonds. The fraction of sp³-hybridized carbons (Fsp3) is 0.214. The lowest BCUT2D eigenvalue weighted by Crippen LogP contribution is -2.15. The SMILES string of the molecule is CCS(=O)(=O)Nc1ccc(Nc2ccc(OC)cc2)cn1. The third kappa shape index (κ3) is 4.35. The van der Waals surface area contributed by atoms with Gasteiger partial charge < -0.3 is 10.1 Å². The Balaban J connectivity index is 2.05. The van der Waals surface area contributed by atoms with E-state index in [-0.39, 0.29) is 5.75 Å². The van der Waals surface area contributed by atoms with Crippen molar-refractivity contribution >= 4 is 27.2 Å². The molecule has 2 aromatic rings. The van der Waals surface area contributed by atoms with Gasteiger partial charge in [0.1, 0.15) is 11.6 Å². The first-order valence-corrected chi connectivity index (χ1v) is 8.05. The van der Waals surface area contributed by atoms with Crippen LogP contribution < -0.4 is 14.8 Å². The Morgan fingerprint density at radius 2 is 1.76 bits per heavy atom. The Hall–Kier alpha value is -2.28. The molecule has 0 saturated heterocycles. The van der Waals surface area contributed by atoms with E-state index in [1.807, 2.05) is 24.3 Å². The van der Waals surface area contributed by atoms with Crippen LogP contribution in [0.15, 0.2) is 42.6 Å². The van der Waals surface area contributed by atoms with Gasteiger partial charge in [-0.15, -0.1) is 0 Å². The second kappa shape index (κ2) is 6.45. The third-order valence-corrected chi connectivity index (χ3v) is 4.06. The molecule has 0 aliphatic carbocycles. The van der Waals surface area contributed by atoms with Gasteiger partial charge in [0.25, 0.3) is 0 Å². The number of rotatable bonds is 6. The highest BCUT2D eigenvalue weighted by Crippen LogP contribution is 2.20. The highest BCUT2D eigenvalue weighted by molar-refractivity contribution is 7.92. The van der Waals surface area contributed by atoms with Crippen LogP contribution in [-0.4, -0.2) is 26.3 Å². The van der Waals surface area contributed by atoms with Crippen molar-refractivity contribution in [3.8, 4) is 5.75 Å². The summed E-state index contributed by atoms with van der Waals surface area (Å²) in [6, 6.07) is 10.8. The van der Waals surface area contributed by atoms with Gasteiger partial charge in [-0.1, -0.05) is 0 Å². The molecule has 0 fully saturated rings. The topological polar surface area (TPSA) is 80.3 Å². The molecule has 7 heteroatoms. The number of anilines is 3. The molecule has 1 aromatic carbocycles. The van der Waals surface area contributed by atoms with Crippen LogP contribution in [0.3, 0.4) is 0 Å². The quantitative estimate of drug-likeness (QED) is 0.857. The zero-order valence-electron chi connectivity index (χ0n) is 11.8. The van der Waals surface area contributed by atoms with E-state index in [1.54, 1.807) is 32.4 Å². The van der Waals surface area contributed by atoms with Gasteiger partial charge in [-0.2, -0.15) is 0 Å². The van der Waals surface area contributed by atoms with Crippen LogP contribution in [0.5, 0.6) is 5.75 Å². The lowest BCUT2D eigenvalue weighted by molar-refractivity contribution is 0.415. The molecule has 1 aromatic heterocycles. The first-order valence-electron chi connectivity index (χ1n) is 6.40. The molecular formula is C14H17N3O3S. The summed E-state index contributed by atoms with van der Waals surface area (Å²) in [5, 5.41) is 3.16. The summed E-state index contributed by atoms with van der Waals surface area (Å²) in [4.78, 5) is 4.06. The van der Waals surface area contributed by atoms with Gasteiger partial charge in [-0.3, -0.25) is 4.72 Å². The summed E-state index contributed by atoms with van der Waals surface area (Å²) in [5.74, 6) is 1.10. The standard InChI is InChI=1S/C14H17N3O3S/c1-3-21(18,19)17-14-9-6-12(10-15-14)16-11-4-7-13(20-2)8-5-11/h4-10,16H,3H2,1-2H3,(H,15,17). The number of hydrogen-bond donors (Lipinski definition) is 2. The molecule has 0 radical (unpaired) electrons. The second-order valence-electron chi connectivity index (χ2n) is 4.29. The maximum Gasteiger partial charge on any atom is 0.233 e. The zero-order chi connectivity index (χ0) is 15.3. The first kappa shape index (κ1) is 15.1. The van der Waals surface area contributed by atoms with Gasteiger partial charge in [0, 0.05) is 5.69 Å². The van der Waals surface area contributed by atoms with Crippen LogP contribution in [0.25, 0.3) is 0 Å². The van der Waals surface area contributed by atoms with E-state index in [0.29, 0.717) is 5.82 Å². The van der Waals surface area contributed by atoms with Crippen LogP contribution >= 0.6 is 0 Å². The number of ether oxygens (including phenoxy) is 1. The molecular weight excluding hydrogens is 290 g/mol. The molecule has 1 heterocycles. The van der Waals surface area contributed by atoms with E-state index < -0.39 is 10.0 Å². The lowest BCUT2D eigenvalue weighted by Gasteiger charge is -2.09. The monoisotopic (exact) mass is 307 g/mol. The third-order valence-electron chi connectivity index (χ3n) is 2.78. The van der Waals surface area contributed by atoms with E-state index in [2.05, 4.69) is 15.0 Å². The van der Waals surface area contributed by atoms with E-state index in [1.165, 1.54) is 0 Å². The lowest BCUT2D eigenvalue weighted by atomic mass is 10.3. The molecule has 0 unspecified atom stereocenters. The predicted octanol–water partition coefficient (Wildman–Crippen LogP) is 2.60. The smallest absolute Gasteiger partial charge is 0.233 e. The Morgan fingerprint density at radius 3 is 2.29 bits per heavy atom. The van der Waals surface area contributed by atoms with Crippen molar-refractivity contribution < 1.29 is 13.2 Å². The summed E-state index contributed by atoms with van der Waals surface area (Å²) in [6.07, 6.45) is 1.57. The minimum absolute atomic E-state index is 0.0144. The summed E-state index contributed by atoms with van der Waals surface area (Å²) in [5.41, 5.74) is 1.65. The first-order chi connectivity index (χ1) is 10.0. The van der Waals surface area contributed by atoms with Crippen LogP contribution in [0.4, 0.5) is 17.2 Å². The van der Waals surface area contributed by atoms with Gasteiger partial charge in [0.05, 0.1) is 24.7 Å². The number of sulfonamides is 1. The van der Waals surface area contributed by atoms with Crippen molar-refractivity contribution in [2.75, 3.05) is 22.9 Å². The fourth-order valence-corrected chi connectivity index (χ4v) is 2.18. The molecule has 112 valence electrons. The van der Waals surface area contributed by atoms with Crippen molar-refractivity contribution in [2.24, 2.45) is 0 Å². The van der Waals surface area contributed by atoms with E-state index >= 15 is 0 Å². The predicted molar refractivity (Wildman–Crippen MR) is 83.6 cm³/mol. The van der Waals surface area contributed by atoms with Crippen molar-refractivity contribution in [3.63, 3.8) is 0 Å². The Bertz CT molecular complexity index is 682. The van der Waals surface area contributed by atoms with Gasteiger partial charge in [-0.25, -0.2) is 13.4 Å². The fourth-order valence-electron chi connectivity index (χ4n) is 1.60. The number of benzene rings is 1. The molecule has 21 heavy (non-hydrogen) atoms. The van der Waals surface area contributed by atoms with Crippen LogP contribution in [0.2, 0.25) is 0 Å². The van der Waals surface area contributed by atoms with Crippen molar-refractivity contribution in [3.05, 3.63) is 42.6 Å². The van der Waals surface area contributed by atoms with Crippen LogP contribution in [-0.2, 0) is 10.0 Å². The molecule has 0 saturated carbocycles. The van der Waals surface area contributed by atoms with Crippen molar-refractivity contribution in [1.82, 2.24) is 4.98 Å². The summed E-state index contributed by atoms with van der Waals surface area (Å²) in [7, 11) is -1.69. The number of nitrogens with one attached hydrogen (secondary N) is 2. The largest absolute Gasteiger partial charge is 0.497 e. The molecule has 0 spiro atoms. The molecule has 6 nitrogen and oxygen atoms in total. The van der Waals surface area contributed by atoms with Crippen LogP contribution in [0.1, 0.15) is 6.92 Å². The Labute approximate surface area is 124 Å². The maximum absolute atomic E-state index is 11.4. The highest BCUT2D eigenvalue weighted by atomic mass is 32.2. The summed E-state index contributed by atoms with van der Waals surface area (Å²) < 4.78 is 30.3. The summed E-state index contributed by atoms with van der Waals surface area (Å²) in [6.45, 7) is 1.57. The highest BCUT2D eigenvalue weighted by Gasteiger charge is 2.07. The van der Waals surface area contributed by atoms with E-state index in [4.69, 9.17) is 4.74 Å². The van der Waals surface area contributed by atoms with Gasteiger partial charge >= 0.3 is 0 Å². The molecule has 2 rings (SSSR count). The van der Waals surface area contributed by atoms with Crippen molar-refractivity contribution in [2.45, 2.75) is 6.92 Å². The Morgan fingerprint density at radius 1 is 1.10 bits per heavy atom. The Kier molecular flexibility index (Phi) is 4.64. The molecule has 0 bridgehead atoms. The zero-order valence-corrected chi connectivity index (χ0v) is 12.6. The molecule has 0 aliphatic rings.